The zero-order valence-corrected chi connectivity index (χ0v) is 31.1. The van der Waals surface area contributed by atoms with Gasteiger partial charge in [0.15, 0.2) is 6.29 Å². The molecule has 3 aromatic rings. The quantitative estimate of drug-likeness (QED) is 0.0723. The number of benzene rings is 3. The van der Waals surface area contributed by atoms with E-state index in [1.807, 2.05) is 24.3 Å². The zero-order valence-electron chi connectivity index (χ0n) is 31.1. The van der Waals surface area contributed by atoms with Crippen molar-refractivity contribution in [1.29, 1.82) is 0 Å². The smallest absolute Gasteiger partial charge is 0.243 e. The highest BCUT2D eigenvalue weighted by atomic mass is 16.7. The van der Waals surface area contributed by atoms with Gasteiger partial charge in [-0.05, 0) is 82.9 Å². The maximum absolute atomic E-state index is 12.5. The maximum Gasteiger partial charge on any atom is 0.243 e. The van der Waals surface area contributed by atoms with Gasteiger partial charge in [-0.3, -0.25) is 19.7 Å². The van der Waals surface area contributed by atoms with E-state index in [0.29, 0.717) is 42.7 Å². The lowest BCUT2D eigenvalue weighted by atomic mass is 9.65. The molecule has 1 aliphatic carbocycles. The molecule has 2 heterocycles. The molecule has 0 spiro atoms. The van der Waals surface area contributed by atoms with Gasteiger partial charge in [-0.25, -0.2) is 5.48 Å². The van der Waals surface area contributed by atoms with Crippen molar-refractivity contribution >= 4 is 11.8 Å². The third-order valence-corrected chi connectivity index (χ3v) is 11.2. The van der Waals surface area contributed by atoms with Gasteiger partial charge in [0.1, 0.15) is 0 Å². The number of hydrogen-bond acceptors (Lipinski definition) is 7. The summed E-state index contributed by atoms with van der Waals surface area (Å²) in [4.78, 5) is 26.3. The van der Waals surface area contributed by atoms with Crippen LogP contribution in [0.25, 0.3) is 11.1 Å². The molecule has 2 aliphatic heterocycles. The lowest BCUT2D eigenvalue weighted by molar-refractivity contribution is -0.253. The SMILES string of the molecule is CC1(C)CC2CC(C)(CN2C[C@@H]2C[C@H](c3ccc(CO)cc3)O[C@H](c3cccc(-c4cccc(CNC(=O)CCCCCCC(=O)NO)c4)c3)O2)C1. The minimum atomic E-state index is -0.524. The van der Waals surface area contributed by atoms with E-state index in [2.05, 4.69) is 79.5 Å². The van der Waals surface area contributed by atoms with Crippen LogP contribution < -0.4 is 10.8 Å². The van der Waals surface area contributed by atoms with Gasteiger partial charge < -0.3 is 19.9 Å². The summed E-state index contributed by atoms with van der Waals surface area (Å²) in [6.45, 7) is 9.77. The highest BCUT2D eigenvalue weighted by Gasteiger charge is 2.50. The minimum Gasteiger partial charge on any atom is -0.392 e. The summed E-state index contributed by atoms with van der Waals surface area (Å²) < 4.78 is 13.6. The van der Waals surface area contributed by atoms with E-state index < -0.39 is 6.29 Å². The highest BCUT2D eigenvalue weighted by Crippen LogP contribution is 2.53. The van der Waals surface area contributed by atoms with E-state index in [9.17, 15) is 14.7 Å². The summed E-state index contributed by atoms with van der Waals surface area (Å²) in [7, 11) is 0. The normalized spacial score (nSPS) is 25.5. The van der Waals surface area contributed by atoms with Gasteiger partial charge in [-0.15, -0.1) is 0 Å². The Morgan fingerprint density at radius 3 is 2.27 bits per heavy atom. The number of fused-ring (bicyclic) bond motifs is 2. The second-order valence-corrected chi connectivity index (χ2v) is 16.5. The fraction of sp³-hybridized carbons (Fsp3) is 0.535. The Balaban J connectivity index is 1.11. The van der Waals surface area contributed by atoms with E-state index in [0.717, 1.165) is 72.2 Å². The summed E-state index contributed by atoms with van der Waals surface area (Å²) in [5, 5.41) is 21.3. The molecule has 0 radical (unpaired) electrons. The zero-order chi connectivity index (χ0) is 36.7. The molecule has 1 saturated carbocycles. The Labute approximate surface area is 309 Å². The van der Waals surface area contributed by atoms with Gasteiger partial charge in [0.25, 0.3) is 0 Å². The number of unbranched alkanes of at least 4 members (excludes halogenated alkanes) is 3. The molecule has 280 valence electrons. The Kier molecular flexibility index (Phi) is 12.5. The van der Waals surface area contributed by atoms with E-state index in [1.54, 1.807) is 5.48 Å². The fourth-order valence-electron chi connectivity index (χ4n) is 9.08. The summed E-state index contributed by atoms with van der Waals surface area (Å²) >= 11 is 0. The van der Waals surface area contributed by atoms with Crippen molar-refractivity contribution in [2.75, 3.05) is 13.1 Å². The number of carbonyl (C=O) groups excluding carboxylic acids is 2. The number of rotatable bonds is 15. The monoisotopic (exact) mass is 711 g/mol. The molecule has 2 unspecified atom stereocenters. The third kappa shape index (κ3) is 10.1. The maximum atomic E-state index is 12.5. The van der Waals surface area contributed by atoms with Gasteiger partial charge in [0, 0.05) is 50.5 Å². The lowest BCUT2D eigenvalue weighted by Crippen LogP contribution is -2.42. The Morgan fingerprint density at radius 2 is 1.54 bits per heavy atom. The largest absolute Gasteiger partial charge is 0.392 e. The molecule has 2 amide bonds. The number of nitrogens with zero attached hydrogens (tertiary/aromatic N) is 1. The highest BCUT2D eigenvalue weighted by molar-refractivity contribution is 5.76. The Bertz CT molecular complexity index is 1660. The average molecular weight is 712 g/mol. The molecule has 3 aromatic carbocycles. The van der Waals surface area contributed by atoms with E-state index in [1.165, 1.54) is 19.3 Å². The van der Waals surface area contributed by atoms with E-state index in [4.69, 9.17) is 14.7 Å². The number of aliphatic hydroxyl groups excluding tert-OH is 1. The first kappa shape index (κ1) is 38.1. The number of hydroxylamine groups is 1. The van der Waals surface area contributed by atoms with Gasteiger partial charge in [-0.1, -0.05) is 94.3 Å². The second-order valence-electron chi connectivity index (χ2n) is 16.5. The van der Waals surface area contributed by atoms with Crippen LogP contribution in [0.15, 0.2) is 72.8 Å². The standard InChI is InChI=1S/C43H57N3O6/c1-42(2)23-36-24-43(3,28-42)29-46(36)26-37-22-38(32-18-16-30(27-47)17-19-32)52-41(51-37)35-13-9-12-34(21-35)33-11-8-10-31(20-33)25-44-39(48)14-6-4-5-7-15-40(49)45-50/h8-13,16-21,36-38,41,47,50H,4-7,14-15,22-29H2,1-3H3,(H,44,48)(H,45,49)/t36?,37-,38+,41+,43?/m0/s1. The van der Waals surface area contributed by atoms with Crippen molar-refractivity contribution in [3.05, 3.63) is 95.1 Å². The number of likely N-dealkylation sites (tertiary alicyclic amines) is 1. The molecule has 9 nitrogen and oxygen atoms in total. The molecule has 5 atom stereocenters. The van der Waals surface area contributed by atoms with Crippen LogP contribution in [-0.4, -0.2) is 52.3 Å². The number of carbonyl (C=O) groups is 2. The molecule has 3 aliphatic rings. The lowest BCUT2D eigenvalue weighted by Gasteiger charge is -2.41. The van der Waals surface area contributed by atoms with Crippen LogP contribution in [0.2, 0.25) is 0 Å². The molecule has 52 heavy (non-hydrogen) atoms. The Morgan fingerprint density at radius 1 is 0.827 bits per heavy atom. The van der Waals surface area contributed by atoms with Crippen molar-refractivity contribution in [2.45, 2.75) is 123 Å². The molecule has 4 N–H and O–H groups in total. The molecule has 2 bridgehead atoms. The second kappa shape index (κ2) is 17.0. The van der Waals surface area contributed by atoms with Gasteiger partial charge in [-0.2, -0.15) is 0 Å². The van der Waals surface area contributed by atoms with Crippen molar-refractivity contribution in [3.63, 3.8) is 0 Å². The number of hydrogen-bond donors (Lipinski definition) is 4. The summed E-state index contributed by atoms with van der Waals surface area (Å²) in [5.74, 6) is -0.364. The van der Waals surface area contributed by atoms with Crippen LogP contribution in [0.1, 0.15) is 120 Å². The van der Waals surface area contributed by atoms with Gasteiger partial charge >= 0.3 is 0 Å². The third-order valence-electron chi connectivity index (χ3n) is 11.2. The molecular weight excluding hydrogens is 654 g/mol. The topological polar surface area (TPSA) is 120 Å². The van der Waals surface area contributed by atoms with E-state index in [-0.39, 0.29) is 30.6 Å². The van der Waals surface area contributed by atoms with Crippen LogP contribution >= 0.6 is 0 Å². The summed E-state index contributed by atoms with van der Waals surface area (Å²) in [6, 6.07) is 25.4. The molecule has 6 rings (SSSR count). The minimum absolute atomic E-state index is 0.00990. The summed E-state index contributed by atoms with van der Waals surface area (Å²) in [5.41, 5.74) is 8.46. The first-order valence-corrected chi connectivity index (χ1v) is 19.1. The van der Waals surface area contributed by atoms with Crippen LogP contribution in [0.3, 0.4) is 0 Å². The fourth-order valence-corrected chi connectivity index (χ4v) is 9.08. The van der Waals surface area contributed by atoms with Crippen molar-refractivity contribution in [2.24, 2.45) is 10.8 Å². The van der Waals surface area contributed by atoms with Crippen LogP contribution in [0, 0.1) is 10.8 Å². The van der Waals surface area contributed by atoms with Gasteiger partial charge in [0.05, 0.1) is 18.8 Å². The van der Waals surface area contributed by atoms with Crippen LogP contribution in [-0.2, 0) is 32.2 Å². The molecule has 2 saturated heterocycles. The Hall–Kier alpha value is -3.60. The van der Waals surface area contributed by atoms with Crippen molar-refractivity contribution in [3.8, 4) is 11.1 Å². The molecule has 0 aromatic heterocycles. The summed E-state index contributed by atoms with van der Waals surface area (Å²) in [6.07, 6.45) is 7.77. The molecule has 3 fully saturated rings. The first-order valence-electron chi connectivity index (χ1n) is 19.1. The number of amides is 2. The molecule has 9 heteroatoms. The van der Waals surface area contributed by atoms with Crippen molar-refractivity contribution in [1.82, 2.24) is 15.7 Å². The number of nitrogens with one attached hydrogen (secondary N) is 2. The predicted molar refractivity (Wildman–Crippen MR) is 201 cm³/mol. The molecular formula is C43H57N3O6. The van der Waals surface area contributed by atoms with E-state index >= 15 is 0 Å². The van der Waals surface area contributed by atoms with Gasteiger partial charge in [0.2, 0.25) is 11.8 Å². The number of ether oxygens (including phenoxy) is 2. The van der Waals surface area contributed by atoms with Crippen LogP contribution in [0.4, 0.5) is 0 Å². The van der Waals surface area contributed by atoms with Crippen molar-refractivity contribution < 1.29 is 29.4 Å². The first-order chi connectivity index (χ1) is 25.0. The van der Waals surface area contributed by atoms with Crippen LogP contribution in [0.5, 0.6) is 0 Å². The average Bonchev–Trinajstić information content (AvgIpc) is 3.38. The number of aliphatic hydroxyl groups is 1. The predicted octanol–water partition coefficient (Wildman–Crippen LogP) is 7.75.